The first-order valence-corrected chi connectivity index (χ1v) is 18.4. The van der Waals surface area contributed by atoms with Gasteiger partial charge in [0.05, 0.1) is 18.7 Å². The van der Waals surface area contributed by atoms with Crippen LogP contribution in [0.3, 0.4) is 0 Å². The number of carbonyl (C=O) groups excluding carboxylic acids is 1. The number of benzene rings is 2. The number of nitrogens with zero attached hydrogens (tertiary/aromatic N) is 5. The van der Waals surface area contributed by atoms with Crippen molar-refractivity contribution in [2.24, 2.45) is 17.3 Å². The highest BCUT2D eigenvalue weighted by molar-refractivity contribution is 5.67. The van der Waals surface area contributed by atoms with Crippen LogP contribution in [0.4, 0.5) is 19.3 Å². The van der Waals surface area contributed by atoms with Gasteiger partial charge in [0.1, 0.15) is 12.0 Å². The van der Waals surface area contributed by atoms with Crippen LogP contribution in [0.2, 0.25) is 0 Å². The van der Waals surface area contributed by atoms with Crippen LogP contribution in [0, 0.1) is 34.4 Å². The maximum atomic E-state index is 15.0. The third kappa shape index (κ3) is 7.04. The molecular weight excluding hydrogens is 622 g/mol. The molecule has 5 fully saturated rings. The third-order valence-electron chi connectivity index (χ3n) is 12.4. The van der Waals surface area contributed by atoms with Gasteiger partial charge < -0.3 is 24.8 Å². The normalized spacial score (nSPS) is 26.2. The summed E-state index contributed by atoms with van der Waals surface area (Å²) < 4.78 is 33.5. The quantitative estimate of drug-likeness (QED) is 0.335. The molecule has 1 saturated carbocycles. The Morgan fingerprint density at radius 2 is 1.80 bits per heavy atom. The topological polar surface area (TPSA) is 75.1 Å². The molecule has 3 atom stereocenters. The Morgan fingerprint density at radius 1 is 1.02 bits per heavy atom. The zero-order valence-corrected chi connectivity index (χ0v) is 29.2. The first-order chi connectivity index (χ1) is 23.7. The van der Waals surface area contributed by atoms with Crippen LogP contribution in [0.15, 0.2) is 42.5 Å². The Morgan fingerprint density at radius 3 is 2.45 bits per heavy atom. The van der Waals surface area contributed by atoms with Crippen LogP contribution < -0.4 is 10.2 Å². The van der Waals surface area contributed by atoms with Crippen molar-refractivity contribution >= 4 is 11.8 Å². The molecule has 0 bridgehead atoms. The molecule has 1 amide bonds. The number of halogens is 2. The number of likely N-dealkylation sites (tertiary alicyclic amines) is 3. The summed E-state index contributed by atoms with van der Waals surface area (Å²) >= 11 is 0. The lowest BCUT2D eigenvalue weighted by Crippen LogP contribution is -2.62. The predicted molar refractivity (Wildman–Crippen MR) is 187 cm³/mol. The molecule has 264 valence electrons. The van der Waals surface area contributed by atoms with Gasteiger partial charge >= 0.3 is 6.09 Å². The number of alkyl halides is 1. The molecular formula is C39H52F2N6O2. The molecule has 5 aliphatic rings. The number of amides is 1. The largest absolute Gasteiger partial charge is 0.453 e. The highest BCUT2D eigenvalue weighted by Crippen LogP contribution is 2.52. The van der Waals surface area contributed by atoms with Crippen LogP contribution in [0.1, 0.15) is 62.1 Å². The SMILES string of the molecule is COC(=O)N[C@H]1CCC[C@@H]1[C@](CN1CCC1)(c1cccc(F)c1)C1CCN(CC2(C)CN(c3ccc(C#N)c(CN4CC(F)C4)c3)C2)CC1. The van der Waals surface area contributed by atoms with E-state index in [0.29, 0.717) is 31.1 Å². The van der Waals surface area contributed by atoms with Crippen LogP contribution in [-0.2, 0) is 16.7 Å². The maximum Gasteiger partial charge on any atom is 0.407 e. The zero-order valence-electron chi connectivity index (χ0n) is 29.2. The second kappa shape index (κ2) is 14.2. The van der Waals surface area contributed by atoms with Gasteiger partial charge in [0.2, 0.25) is 0 Å². The summed E-state index contributed by atoms with van der Waals surface area (Å²) in [6.07, 6.45) is 5.12. The van der Waals surface area contributed by atoms with Crippen molar-refractivity contribution in [2.45, 2.75) is 69.6 Å². The lowest BCUT2D eigenvalue weighted by molar-refractivity contribution is 0.0159. The summed E-state index contributed by atoms with van der Waals surface area (Å²) in [5.74, 6) is 0.391. The predicted octanol–water partition coefficient (Wildman–Crippen LogP) is 5.56. The minimum absolute atomic E-state index is 0.00385. The number of hydrogen-bond acceptors (Lipinski definition) is 7. The number of nitrogens with one attached hydrogen (secondary N) is 1. The Bertz CT molecular complexity index is 1530. The maximum absolute atomic E-state index is 15.0. The van der Waals surface area contributed by atoms with Crippen molar-refractivity contribution in [3.05, 3.63) is 65.0 Å². The van der Waals surface area contributed by atoms with E-state index in [1.807, 2.05) is 12.1 Å². The number of nitriles is 1. The first kappa shape index (κ1) is 34.2. The number of hydrogen-bond donors (Lipinski definition) is 1. The van der Waals surface area contributed by atoms with Gasteiger partial charge in [0, 0.05) is 68.4 Å². The van der Waals surface area contributed by atoms with E-state index in [2.05, 4.69) is 56.1 Å². The van der Waals surface area contributed by atoms with Crippen LogP contribution in [0.5, 0.6) is 0 Å². The van der Waals surface area contributed by atoms with Gasteiger partial charge in [-0.25, -0.2) is 13.6 Å². The molecule has 8 nitrogen and oxygen atoms in total. The fraction of sp³-hybridized carbons (Fsp3) is 0.641. The fourth-order valence-corrected chi connectivity index (χ4v) is 9.94. The number of piperidine rings is 1. The van der Waals surface area contributed by atoms with Crippen molar-refractivity contribution in [2.75, 3.05) is 77.5 Å². The van der Waals surface area contributed by atoms with Gasteiger partial charge in [-0.1, -0.05) is 25.5 Å². The van der Waals surface area contributed by atoms with E-state index in [4.69, 9.17) is 4.74 Å². The molecule has 0 spiro atoms. The summed E-state index contributed by atoms with van der Waals surface area (Å²) in [4.78, 5) is 22.1. The van der Waals surface area contributed by atoms with Gasteiger partial charge in [-0.15, -0.1) is 0 Å². The summed E-state index contributed by atoms with van der Waals surface area (Å²) in [7, 11) is 1.43. The van der Waals surface area contributed by atoms with Gasteiger partial charge in [-0.2, -0.15) is 5.26 Å². The van der Waals surface area contributed by atoms with E-state index in [1.165, 1.54) is 13.5 Å². The molecule has 0 unspecified atom stereocenters. The number of ether oxygens (including phenoxy) is 1. The second-order valence-corrected chi connectivity index (χ2v) is 15.9. The van der Waals surface area contributed by atoms with Crippen molar-refractivity contribution in [1.29, 1.82) is 5.26 Å². The summed E-state index contributed by atoms with van der Waals surface area (Å²) in [5, 5.41) is 12.9. The molecule has 4 heterocycles. The summed E-state index contributed by atoms with van der Waals surface area (Å²) in [5.41, 5.74) is 3.78. The van der Waals surface area contributed by atoms with E-state index in [0.717, 1.165) is 101 Å². The van der Waals surface area contributed by atoms with E-state index < -0.39 is 6.17 Å². The van der Waals surface area contributed by atoms with Crippen LogP contribution >= 0.6 is 0 Å². The number of carbonyl (C=O) groups is 1. The van der Waals surface area contributed by atoms with Crippen LogP contribution in [-0.4, -0.2) is 106 Å². The molecule has 0 aromatic heterocycles. The van der Waals surface area contributed by atoms with Crippen LogP contribution in [0.25, 0.3) is 0 Å². The number of rotatable bonds is 11. The van der Waals surface area contributed by atoms with E-state index in [9.17, 15) is 18.8 Å². The van der Waals surface area contributed by atoms with E-state index in [1.54, 1.807) is 12.1 Å². The Hall–Kier alpha value is -3.26. The summed E-state index contributed by atoms with van der Waals surface area (Å²) in [6.45, 7) is 11.9. The second-order valence-electron chi connectivity index (χ2n) is 15.9. The van der Waals surface area contributed by atoms with Crippen molar-refractivity contribution in [3.63, 3.8) is 0 Å². The Balaban J connectivity index is 1.04. The summed E-state index contributed by atoms with van der Waals surface area (Å²) in [6, 6.07) is 15.8. The Labute approximate surface area is 290 Å². The number of anilines is 1. The first-order valence-electron chi connectivity index (χ1n) is 18.4. The molecule has 49 heavy (non-hydrogen) atoms. The average Bonchev–Trinajstić information content (AvgIpc) is 3.51. The van der Waals surface area contributed by atoms with Gasteiger partial charge in [-0.3, -0.25) is 4.90 Å². The van der Waals surface area contributed by atoms with Crippen molar-refractivity contribution < 1.29 is 18.3 Å². The third-order valence-corrected chi connectivity index (χ3v) is 12.4. The smallest absolute Gasteiger partial charge is 0.407 e. The molecule has 1 aliphatic carbocycles. The molecule has 1 N–H and O–H groups in total. The molecule has 10 heteroatoms. The number of methoxy groups -OCH3 is 1. The number of alkyl carbamates (subject to hydrolysis) is 1. The molecule has 0 radical (unpaired) electrons. The van der Waals surface area contributed by atoms with Gasteiger partial charge in [0.25, 0.3) is 0 Å². The van der Waals surface area contributed by atoms with E-state index in [-0.39, 0.29) is 34.7 Å². The van der Waals surface area contributed by atoms with Gasteiger partial charge in [0.15, 0.2) is 0 Å². The lowest BCUT2D eigenvalue weighted by Gasteiger charge is -2.55. The molecule has 2 aromatic carbocycles. The van der Waals surface area contributed by atoms with Gasteiger partial charge in [-0.05, 0) is 112 Å². The minimum atomic E-state index is -0.753. The standard InChI is InChI=1S/C39H52F2N6O2/c1-38(25-47(26-38)34-11-10-28(20-42)29(18-34)21-46-22-33(41)23-46)24-45-16-12-30(13-17-45)39(27-44-14-5-15-44,31-6-3-7-32(40)19-31)35-8-4-9-36(35)43-37(48)49-2/h3,6-7,10-11,18-19,30,33,35-36H,4-5,8-9,12-17,21-27H2,1-2H3,(H,43,48)/t35-,36-,39-/m0/s1. The zero-order chi connectivity index (χ0) is 34.2. The fourth-order valence-electron chi connectivity index (χ4n) is 9.94. The average molecular weight is 675 g/mol. The lowest BCUT2D eigenvalue weighted by atomic mass is 9.57. The monoisotopic (exact) mass is 674 g/mol. The molecule has 7 rings (SSSR count). The molecule has 4 saturated heterocycles. The highest BCUT2D eigenvalue weighted by Gasteiger charge is 2.53. The molecule has 4 aliphatic heterocycles. The Kier molecular flexibility index (Phi) is 9.89. The van der Waals surface area contributed by atoms with Crippen molar-refractivity contribution in [1.82, 2.24) is 20.0 Å². The van der Waals surface area contributed by atoms with Crippen molar-refractivity contribution in [3.8, 4) is 6.07 Å². The highest BCUT2D eigenvalue weighted by atomic mass is 19.1. The minimum Gasteiger partial charge on any atom is -0.453 e. The molecule has 2 aromatic rings. The van der Waals surface area contributed by atoms with E-state index >= 15 is 0 Å².